The largest absolute Gasteiger partial charge is 0.340 e. The molecule has 0 spiro atoms. The molecule has 4 nitrogen and oxygen atoms in total. The molecule has 0 aliphatic heterocycles. The van der Waals surface area contributed by atoms with Gasteiger partial charge in [0.05, 0.1) is 5.69 Å². The van der Waals surface area contributed by atoms with E-state index in [2.05, 4.69) is 15.4 Å². The number of anilines is 2. The minimum atomic E-state index is -0.268. The molecule has 0 fully saturated rings. The molecule has 2 aromatic carbocycles. The van der Waals surface area contributed by atoms with Crippen molar-refractivity contribution < 1.29 is 4.39 Å². The Balaban J connectivity index is 1.88. The summed E-state index contributed by atoms with van der Waals surface area (Å²) >= 11 is 6.08. The SMILES string of the molecule is Cc1cc(Nc2cccc(Cl)c2)n2nc(C)c(-c3ccc(F)cc3)c2n1. The fraction of sp³-hybridized carbons (Fsp3) is 0.100. The van der Waals surface area contributed by atoms with Crippen molar-refractivity contribution in [2.45, 2.75) is 13.8 Å². The van der Waals surface area contributed by atoms with Crippen LogP contribution in [0.1, 0.15) is 11.4 Å². The van der Waals surface area contributed by atoms with Crippen LogP contribution in [0, 0.1) is 19.7 Å². The number of hydrogen-bond acceptors (Lipinski definition) is 3. The first-order chi connectivity index (χ1) is 12.5. The number of nitrogens with one attached hydrogen (secondary N) is 1. The molecule has 0 saturated carbocycles. The van der Waals surface area contributed by atoms with Gasteiger partial charge in [0.2, 0.25) is 0 Å². The highest BCUT2D eigenvalue weighted by Crippen LogP contribution is 2.30. The van der Waals surface area contributed by atoms with Crippen molar-refractivity contribution in [2.75, 3.05) is 5.32 Å². The molecule has 0 aliphatic carbocycles. The number of hydrogen-bond donors (Lipinski definition) is 1. The van der Waals surface area contributed by atoms with Gasteiger partial charge in [0.25, 0.3) is 0 Å². The monoisotopic (exact) mass is 366 g/mol. The van der Waals surface area contributed by atoms with Crippen molar-refractivity contribution in [3.63, 3.8) is 0 Å². The molecule has 1 N–H and O–H groups in total. The van der Waals surface area contributed by atoms with Crippen LogP contribution in [0.25, 0.3) is 16.8 Å². The Morgan fingerprint density at radius 3 is 2.54 bits per heavy atom. The van der Waals surface area contributed by atoms with E-state index < -0.39 is 0 Å². The minimum absolute atomic E-state index is 0.268. The van der Waals surface area contributed by atoms with Gasteiger partial charge >= 0.3 is 0 Å². The second kappa shape index (κ2) is 6.42. The van der Waals surface area contributed by atoms with Crippen LogP contribution in [0.4, 0.5) is 15.9 Å². The lowest BCUT2D eigenvalue weighted by molar-refractivity contribution is 0.628. The van der Waals surface area contributed by atoms with Crippen LogP contribution < -0.4 is 5.32 Å². The Morgan fingerprint density at radius 2 is 1.81 bits per heavy atom. The van der Waals surface area contributed by atoms with Crippen molar-refractivity contribution in [1.29, 1.82) is 0 Å². The number of aryl methyl sites for hydroxylation is 2. The lowest BCUT2D eigenvalue weighted by Gasteiger charge is -2.10. The summed E-state index contributed by atoms with van der Waals surface area (Å²) < 4.78 is 15.1. The van der Waals surface area contributed by atoms with Crippen LogP contribution in [-0.4, -0.2) is 14.6 Å². The van der Waals surface area contributed by atoms with E-state index in [0.717, 1.165) is 39.7 Å². The van der Waals surface area contributed by atoms with Crippen LogP contribution in [0.15, 0.2) is 54.6 Å². The Hall–Kier alpha value is -2.92. The van der Waals surface area contributed by atoms with E-state index in [0.29, 0.717) is 5.02 Å². The predicted molar refractivity (Wildman–Crippen MR) is 103 cm³/mol. The summed E-state index contributed by atoms with van der Waals surface area (Å²) in [5, 5.41) is 8.64. The van der Waals surface area contributed by atoms with Crippen molar-refractivity contribution in [3.8, 4) is 11.1 Å². The van der Waals surface area contributed by atoms with Crippen molar-refractivity contribution in [3.05, 3.63) is 76.8 Å². The van der Waals surface area contributed by atoms with Gasteiger partial charge in [-0.2, -0.15) is 9.61 Å². The molecular weight excluding hydrogens is 351 g/mol. The Bertz CT molecular complexity index is 1100. The van der Waals surface area contributed by atoms with Crippen molar-refractivity contribution in [1.82, 2.24) is 14.6 Å². The zero-order chi connectivity index (χ0) is 18.3. The van der Waals surface area contributed by atoms with E-state index in [1.165, 1.54) is 12.1 Å². The summed E-state index contributed by atoms with van der Waals surface area (Å²) in [4.78, 5) is 4.66. The molecule has 2 aromatic heterocycles. The normalized spacial score (nSPS) is 11.1. The number of rotatable bonds is 3. The average molecular weight is 367 g/mol. The predicted octanol–water partition coefficient (Wildman–Crippen LogP) is 5.55. The Kier molecular flexibility index (Phi) is 4.09. The van der Waals surface area contributed by atoms with Gasteiger partial charge in [-0.25, -0.2) is 9.37 Å². The van der Waals surface area contributed by atoms with Gasteiger partial charge in [-0.3, -0.25) is 0 Å². The molecule has 0 bridgehead atoms. The number of benzene rings is 2. The second-order valence-corrected chi connectivity index (χ2v) is 6.56. The molecule has 26 heavy (non-hydrogen) atoms. The van der Waals surface area contributed by atoms with E-state index in [1.54, 1.807) is 16.6 Å². The van der Waals surface area contributed by atoms with Gasteiger partial charge in [-0.05, 0) is 49.7 Å². The molecule has 6 heteroatoms. The average Bonchev–Trinajstić information content (AvgIpc) is 2.92. The first kappa shape index (κ1) is 16.5. The van der Waals surface area contributed by atoms with E-state index in [9.17, 15) is 4.39 Å². The first-order valence-electron chi connectivity index (χ1n) is 8.17. The van der Waals surface area contributed by atoms with Gasteiger partial charge in [0, 0.05) is 28.0 Å². The van der Waals surface area contributed by atoms with Crippen LogP contribution in [0.2, 0.25) is 5.02 Å². The van der Waals surface area contributed by atoms with Crippen LogP contribution in [-0.2, 0) is 0 Å². The minimum Gasteiger partial charge on any atom is -0.340 e. The van der Waals surface area contributed by atoms with Crippen molar-refractivity contribution in [2.24, 2.45) is 0 Å². The number of aromatic nitrogens is 3. The van der Waals surface area contributed by atoms with Gasteiger partial charge in [-0.15, -0.1) is 0 Å². The maximum absolute atomic E-state index is 13.3. The van der Waals surface area contributed by atoms with Crippen LogP contribution >= 0.6 is 11.6 Å². The topological polar surface area (TPSA) is 42.2 Å². The molecule has 4 aromatic rings. The molecule has 0 atom stereocenters. The first-order valence-corrected chi connectivity index (χ1v) is 8.54. The molecule has 0 radical (unpaired) electrons. The van der Waals surface area contributed by atoms with Crippen molar-refractivity contribution >= 4 is 28.8 Å². The lowest BCUT2D eigenvalue weighted by atomic mass is 10.1. The number of fused-ring (bicyclic) bond motifs is 1. The highest BCUT2D eigenvalue weighted by Gasteiger charge is 2.16. The Morgan fingerprint density at radius 1 is 1.04 bits per heavy atom. The van der Waals surface area contributed by atoms with E-state index >= 15 is 0 Å². The smallest absolute Gasteiger partial charge is 0.165 e. The highest BCUT2D eigenvalue weighted by molar-refractivity contribution is 6.30. The molecule has 4 rings (SSSR count). The van der Waals surface area contributed by atoms with Gasteiger partial charge in [0.15, 0.2) is 5.65 Å². The van der Waals surface area contributed by atoms with Gasteiger partial charge < -0.3 is 5.32 Å². The lowest BCUT2D eigenvalue weighted by Crippen LogP contribution is -2.02. The zero-order valence-corrected chi connectivity index (χ0v) is 15.0. The number of halogens is 2. The molecule has 0 amide bonds. The summed E-state index contributed by atoms with van der Waals surface area (Å²) in [5.41, 5.74) is 5.03. The molecular formula is C20H16ClFN4. The molecule has 0 aliphatic rings. The van der Waals surface area contributed by atoms with Crippen LogP contribution in [0.3, 0.4) is 0 Å². The molecule has 0 unspecified atom stereocenters. The number of nitrogens with zero attached hydrogens (tertiary/aromatic N) is 3. The van der Waals surface area contributed by atoms with Crippen LogP contribution in [0.5, 0.6) is 0 Å². The quantitative estimate of drug-likeness (QED) is 0.517. The fourth-order valence-electron chi connectivity index (χ4n) is 3.00. The Labute approximate surface area is 155 Å². The summed E-state index contributed by atoms with van der Waals surface area (Å²) in [5.74, 6) is 0.515. The molecule has 130 valence electrons. The summed E-state index contributed by atoms with van der Waals surface area (Å²) in [6, 6.07) is 15.8. The third-order valence-corrected chi connectivity index (χ3v) is 4.36. The molecule has 0 saturated heterocycles. The highest BCUT2D eigenvalue weighted by atomic mass is 35.5. The van der Waals surface area contributed by atoms with Gasteiger partial charge in [0.1, 0.15) is 11.6 Å². The third-order valence-electron chi connectivity index (χ3n) is 4.12. The maximum Gasteiger partial charge on any atom is 0.165 e. The summed E-state index contributed by atoms with van der Waals surface area (Å²) in [7, 11) is 0. The standard InChI is InChI=1S/C20H16ClFN4/c1-12-10-18(24-17-5-3-4-15(21)11-17)26-20(23-12)19(13(2)25-26)14-6-8-16(22)9-7-14/h3-11,24H,1-2H3. The van der Waals surface area contributed by atoms with E-state index in [4.69, 9.17) is 11.6 Å². The fourth-order valence-corrected chi connectivity index (χ4v) is 3.19. The maximum atomic E-state index is 13.3. The second-order valence-electron chi connectivity index (χ2n) is 6.12. The zero-order valence-electron chi connectivity index (χ0n) is 14.3. The third kappa shape index (κ3) is 3.02. The summed E-state index contributed by atoms with van der Waals surface area (Å²) in [6.07, 6.45) is 0. The molecule has 2 heterocycles. The van der Waals surface area contributed by atoms with E-state index in [-0.39, 0.29) is 5.82 Å². The van der Waals surface area contributed by atoms with Gasteiger partial charge in [-0.1, -0.05) is 29.8 Å². The summed E-state index contributed by atoms with van der Waals surface area (Å²) in [6.45, 7) is 3.85. The van der Waals surface area contributed by atoms with E-state index in [1.807, 2.05) is 44.2 Å².